The van der Waals surface area contributed by atoms with Crippen LogP contribution in [0.4, 0.5) is 0 Å². The molecule has 0 bridgehead atoms. The summed E-state index contributed by atoms with van der Waals surface area (Å²) in [4.78, 5) is 26.9. The number of nitrogens with zero attached hydrogens (tertiary/aromatic N) is 4. The average Bonchev–Trinajstić information content (AvgIpc) is 2.85. The molecule has 1 amide bonds. The van der Waals surface area contributed by atoms with Crippen LogP contribution in [0.3, 0.4) is 0 Å². The maximum Gasteiger partial charge on any atom is 0.329 e. The first-order chi connectivity index (χ1) is 11.5. The number of benzene rings is 1. The van der Waals surface area contributed by atoms with E-state index < -0.39 is 0 Å². The van der Waals surface area contributed by atoms with Crippen LogP contribution in [0.1, 0.15) is 27.2 Å². The number of aromatic nitrogens is 2. The summed E-state index contributed by atoms with van der Waals surface area (Å²) in [6.07, 6.45) is 0.850. The first kappa shape index (κ1) is 17.8. The lowest BCUT2D eigenvalue weighted by atomic mass is 10.2. The van der Waals surface area contributed by atoms with E-state index in [1.807, 2.05) is 38.1 Å². The van der Waals surface area contributed by atoms with Crippen molar-refractivity contribution in [1.29, 1.82) is 5.26 Å². The highest BCUT2D eigenvalue weighted by Crippen LogP contribution is 2.13. The molecule has 6 nitrogen and oxygen atoms in total. The standard InChI is InChI=1S/C18H24N4O2/c1-4-10-21-15-8-6-7-9-16(15)22(18(21)24)13-17(23)20(5-2)12-14(3)11-19/h6-9,14H,4-5,10,12-13H2,1-3H3/t14-/m1/s1. The number of aryl methyl sites for hydroxylation is 1. The monoisotopic (exact) mass is 328 g/mol. The largest absolute Gasteiger partial charge is 0.340 e. The van der Waals surface area contributed by atoms with Gasteiger partial charge in [0.25, 0.3) is 0 Å². The van der Waals surface area contributed by atoms with Gasteiger partial charge in [0.1, 0.15) is 6.54 Å². The third kappa shape index (κ3) is 3.51. The van der Waals surface area contributed by atoms with Crippen molar-refractivity contribution < 1.29 is 4.79 Å². The smallest absolute Gasteiger partial charge is 0.329 e. The second kappa shape index (κ2) is 7.82. The molecule has 1 heterocycles. The molecule has 1 aromatic heterocycles. The van der Waals surface area contributed by atoms with Gasteiger partial charge >= 0.3 is 5.69 Å². The Morgan fingerprint density at radius 2 is 1.88 bits per heavy atom. The van der Waals surface area contributed by atoms with Crippen molar-refractivity contribution in [3.8, 4) is 6.07 Å². The molecule has 0 radical (unpaired) electrons. The molecule has 0 aliphatic rings. The average molecular weight is 328 g/mol. The third-order valence-electron chi connectivity index (χ3n) is 4.11. The van der Waals surface area contributed by atoms with E-state index >= 15 is 0 Å². The van der Waals surface area contributed by atoms with E-state index in [1.165, 1.54) is 4.57 Å². The van der Waals surface area contributed by atoms with Crippen LogP contribution in [0.25, 0.3) is 11.0 Å². The fourth-order valence-electron chi connectivity index (χ4n) is 2.88. The van der Waals surface area contributed by atoms with Crippen molar-refractivity contribution in [2.75, 3.05) is 13.1 Å². The molecule has 0 aliphatic heterocycles. The van der Waals surface area contributed by atoms with Crippen LogP contribution in [0, 0.1) is 17.2 Å². The predicted molar refractivity (Wildman–Crippen MR) is 93.5 cm³/mol. The Hall–Kier alpha value is -2.55. The maximum absolute atomic E-state index is 12.7. The number of para-hydroxylation sites is 2. The second-order valence-corrected chi connectivity index (χ2v) is 5.97. The molecule has 0 N–H and O–H groups in total. The number of imidazole rings is 1. The molecule has 2 rings (SSSR count). The van der Waals surface area contributed by atoms with E-state index in [0.717, 1.165) is 17.5 Å². The van der Waals surface area contributed by atoms with Gasteiger partial charge in [-0.3, -0.25) is 13.9 Å². The van der Waals surface area contributed by atoms with E-state index in [-0.39, 0.29) is 24.1 Å². The predicted octanol–water partition coefficient (Wildman–Crippen LogP) is 2.22. The lowest BCUT2D eigenvalue weighted by Crippen LogP contribution is -2.38. The third-order valence-corrected chi connectivity index (χ3v) is 4.11. The van der Waals surface area contributed by atoms with Crippen molar-refractivity contribution in [2.24, 2.45) is 5.92 Å². The molecule has 0 unspecified atom stereocenters. The zero-order valence-electron chi connectivity index (χ0n) is 14.5. The van der Waals surface area contributed by atoms with Gasteiger partial charge in [-0.1, -0.05) is 19.1 Å². The minimum atomic E-state index is -0.230. The Morgan fingerprint density at radius 3 is 2.42 bits per heavy atom. The van der Waals surface area contributed by atoms with Crippen LogP contribution in [0.5, 0.6) is 0 Å². The summed E-state index contributed by atoms with van der Waals surface area (Å²) < 4.78 is 3.25. The summed E-state index contributed by atoms with van der Waals surface area (Å²) in [5, 5.41) is 8.95. The van der Waals surface area contributed by atoms with Crippen molar-refractivity contribution in [3.05, 3.63) is 34.7 Å². The topological polar surface area (TPSA) is 71.0 Å². The molecule has 0 saturated carbocycles. The fourth-order valence-corrected chi connectivity index (χ4v) is 2.88. The van der Waals surface area contributed by atoms with Crippen molar-refractivity contribution >= 4 is 16.9 Å². The van der Waals surface area contributed by atoms with Gasteiger partial charge in [-0.2, -0.15) is 5.26 Å². The van der Waals surface area contributed by atoms with E-state index in [0.29, 0.717) is 19.6 Å². The number of carbonyl (C=O) groups excluding carboxylic acids is 1. The molecule has 0 aliphatic carbocycles. The molecule has 0 saturated heterocycles. The van der Waals surface area contributed by atoms with Gasteiger partial charge in [0, 0.05) is 19.6 Å². The highest BCUT2D eigenvalue weighted by Gasteiger charge is 2.19. The number of carbonyl (C=O) groups is 1. The van der Waals surface area contributed by atoms with Gasteiger partial charge in [-0.05, 0) is 32.4 Å². The lowest BCUT2D eigenvalue weighted by Gasteiger charge is -2.22. The summed E-state index contributed by atoms with van der Waals surface area (Å²) >= 11 is 0. The molecular formula is C18H24N4O2. The zero-order valence-corrected chi connectivity index (χ0v) is 14.5. The van der Waals surface area contributed by atoms with E-state index in [2.05, 4.69) is 6.07 Å². The van der Waals surface area contributed by atoms with Gasteiger partial charge in [-0.15, -0.1) is 0 Å². The Kier molecular flexibility index (Phi) is 5.80. The Labute approximate surface area is 141 Å². The number of fused-ring (bicyclic) bond motifs is 1. The lowest BCUT2D eigenvalue weighted by molar-refractivity contribution is -0.132. The minimum absolute atomic E-state index is 0.00203. The first-order valence-corrected chi connectivity index (χ1v) is 8.38. The highest BCUT2D eigenvalue weighted by atomic mass is 16.2. The van der Waals surface area contributed by atoms with Crippen LogP contribution in [-0.2, 0) is 17.9 Å². The van der Waals surface area contributed by atoms with Gasteiger partial charge in [0.05, 0.1) is 23.0 Å². The number of likely N-dealkylation sites (N-methyl/N-ethyl adjacent to an activating group) is 1. The minimum Gasteiger partial charge on any atom is -0.340 e. The number of amides is 1. The first-order valence-electron chi connectivity index (χ1n) is 8.38. The maximum atomic E-state index is 12.7. The van der Waals surface area contributed by atoms with Crippen molar-refractivity contribution in [3.63, 3.8) is 0 Å². The van der Waals surface area contributed by atoms with E-state index in [1.54, 1.807) is 16.4 Å². The molecule has 24 heavy (non-hydrogen) atoms. The van der Waals surface area contributed by atoms with Crippen molar-refractivity contribution in [1.82, 2.24) is 14.0 Å². The second-order valence-electron chi connectivity index (χ2n) is 5.97. The molecule has 2 aromatic rings. The molecule has 0 fully saturated rings. The van der Waals surface area contributed by atoms with Gasteiger partial charge in [0.15, 0.2) is 0 Å². The van der Waals surface area contributed by atoms with Crippen LogP contribution >= 0.6 is 0 Å². The molecule has 1 atom stereocenters. The molecular weight excluding hydrogens is 304 g/mol. The van der Waals surface area contributed by atoms with Gasteiger partial charge in [0.2, 0.25) is 5.91 Å². The normalized spacial score (nSPS) is 12.1. The summed E-state index contributed by atoms with van der Waals surface area (Å²) in [6.45, 7) is 7.22. The Bertz CT molecular complexity index is 813. The zero-order chi connectivity index (χ0) is 17.7. The van der Waals surface area contributed by atoms with Crippen molar-refractivity contribution in [2.45, 2.75) is 40.3 Å². The van der Waals surface area contributed by atoms with E-state index in [9.17, 15) is 9.59 Å². The van der Waals surface area contributed by atoms with Crippen LogP contribution in [0.2, 0.25) is 0 Å². The number of nitriles is 1. The summed E-state index contributed by atoms with van der Waals surface area (Å²) in [5.41, 5.74) is 1.47. The van der Waals surface area contributed by atoms with Gasteiger partial charge < -0.3 is 4.90 Å². The number of hydrogen-bond acceptors (Lipinski definition) is 3. The summed E-state index contributed by atoms with van der Waals surface area (Å²) in [6, 6.07) is 9.68. The van der Waals surface area contributed by atoms with Crippen LogP contribution in [-0.4, -0.2) is 33.0 Å². The van der Waals surface area contributed by atoms with Crippen LogP contribution < -0.4 is 5.69 Å². The van der Waals surface area contributed by atoms with Crippen LogP contribution in [0.15, 0.2) is 29.1 Å². The molecule has 128 valence electrons. The van der Waals surface area contributed by atoms with E-state index in [4.69, 9.17) is 5.26 Å². The quantitative estimate of drug-likeness (QED) is 0.782. The molecule has 0 spiro atoms. The Balaban J connectivity index is 2.36. The number of hydrogen-bond donors (Lipinski definition) is 0. The highest BCUT2D eigenvalue weighted by molar-refractivity contribution is 5.81. The fraction of sp³-hybridized carbons (Fsp3) is 0.500. The SMILES string of the molecule is CCCn1c(=O)n(CC(=O)N(CC)C[C@H](C)C#N)c2ccccc21. The Morgan fingerprint density at radius 1 is 1.25 bits per heavy atom. The van der Waals surface area contributed by atoms with Gasteiger partial charge in [-0.25, -0.2) is 4.79 Å². The molecule has 6 heteroatoms. The number of rotatable bonds is 7. The molecule has 1 aromatic carbocycles. The summed E-state index contributed by atoms with van der Waals surface area (Å²) in [7, 11) is 0. The summed E-state index contributed by atoms with van der Waals surface area (Å²) in [5.74, 6) is -0.367.